The van der Waals surface area contributed by atoms with Crippen LogP contribution in [0.2, 0.25) is 0 Å². The van der Waals surface area contributed by atoms with Crippen LogP contribution in [0.15, 0.2) is 36.4 Å². The van der Waals surface area contributed by atoms with Crippen LogP contribution >= 0.6 is 0 Å². The molecule has 108 valence electrons. The Morgan fingerprint density at radius 2 is 1.90 bits per heavy atom. The van der Waals surface area contributed by atoms with Crippen molar-refractivity contribution in [3.05, 3.63) is 42.1 Å². The van der Waals surface area contributed by atoms with Crippen molar-refractivity contribution in [3.63, 3.8) is 0 Å². The summed E-state index contributed by atoms with van der Waals surface area (Å²) < 4.78 is 0. The normalized spacial score (nSPS) is 11.2. The Kier molecular flexibility index (Phi) is 3.60. The first-order valence-electron chi connectivity index (χ1n) is 7.30. The van der Waals surface area contributed by atoms with Crippen molar-refractivity contribution in [1.82, 2.24) is 15.0 Å². The van der Waals surface area contributed by atoms with Crippen LogP contribution in [0.3, 0.4) is 0 Å². The quantitative estimate of drug-likeness (QED) is 0.759. The van der Waals surface area contributed by atoms with Crippen LogP contribution < -0.4 is 5.32 Å². The van der Waals surface area contributed by atoms with Gasteiger partial charge < -0.3 is 10.3 Å². The Bertz CT molecular complexity index is 744. The zero-order valence-corrected chi connectivity index (χ0v) is 12.6. The van der Waals surface area contributed by atoms with E-state index < -0.39 is 0 Å². The predicted octanol–water partition coefficient (Wildman–Crippen LogP) is 4.00. The molecule has 0 aliphatic carbocycles. The van der Waals surface area contributed by atoms with Crippen molar-refractivity contribution in [2.24, 2.45) is 5.92 Å². The summed E-state index contributed by atoms with van der Waals surface area (Å²) in [6.07, 6.45) is 0. The minimum Gasteiger partial charge on any atom is -0.369 e. The first-order chi connectivity index (χ1) is 10.1. The molecule has 0 saturated carbocycles. The fraction of sp³-hybridized carbons (Fsp3) is 0.294. The predicted molar refractivity (Wildman–Crippen MR) is 87.4 cm³/mol. The molecule has 2 heterocycles. The van der Waals surface area contributed by atoms with Gasteiger partial charge in [-0.05, 0) is 18.9 Å². The Balaban J connectivity index is 2.10. The number of hydrogen-bond donors (Lipinski definition) is 2. The zero-order chi connectivity index (χ0) is 14.8. The van der Waals surface area contributed by atoms with E-state index in [-0.39, 0.29) is 0 Å². The van der Waals surface area contributed by atoms with Crippen molar-refractivity contribution in [1.29, 1.82) is 0 Å². The van der Waals surface area contributed by atoms with E-state index in [0.717, 1.165) is 40.5 Å². The summed E-state index contributed by atoms with van der Waals surface area (Å²) in [5, 5.41) is 4.49. The Labute approximate surface area is 124 Å². The lowest BCUT2D eigenvalue weighted by molar-refractivity contribution is 0.687. The number of aryl methyl sites for hydroxylation is 1. The van der Waals surface area contributed by atoms with E-state index in [2.05, 4.69) is 35.2 Å². The van der Waals surface area contributed by atoms with Gasteiger partial charge in [-0.1, -0.05) is 44.2 Å². The van der Waals surface area contributed by atoms with Gasteiger partial charge in [0.15, 0.2) is 5.82 Å². The summed E-state index contributed by atoms with van der Waals surface area (Å²) in [7, 11) is 0. The number of aromatic nitrogens is 3. The van der Waals surface area contributed by atoms with Gasteiger partial charge in [0.25, 0.3) is 0 Å². The summed E-state index contributed by atoms with van der Waals surface area (Å²) in [5.41, 5.74) is 3.00. The standard InChI is InChI=1S/C17H20N4/c1-11(2)10-18-16-14-9-12(3)19-17(14)21-15(20-16)13-7-5-4-6-8-13/h4-9,11H,10H2,1-3H3,(H2,18,19,20,21). The molecule has 4 heteroatoms. The molecule has 3 rings (SSSR count). The van der Waals surface area contributed by atoms with Crippen LogP contribution in [0.1, 0.15) is 19.5 Å². The van der Waals surface area contributed by atoms with Crippen molar-refractivity contribution < 1.29 is 0 Å². The molecule has 0 amide bonds. The molecule has 0 unspecified atom stereocenters. The average Bonchev–Trinajstić information content (AvgIpc) is 2.85. The highest BCUT2D eigenvalue weighted by atomic mass is 15.1. The monoisotopic (exact) mass is 280 g/mol. The summed E-state index contributed by atoms with van der Waals surface area (Å²) in [6, 6.07) is 12.2. The third kappa shape index (κ3) is 2.89. The summed E-state index contributed by atoms with van der Waals surface area (Å²) in [5.74, 6) is 2.21. The molecule has 0 saturated heterocycles. The number of rotatable bonds is 4. The van der Waals surface area contributed by atoms with Crippen molar-refractivity contribution in [2.45, 2.75) is 20.8 Å². The lowest BCUT2D eigenvalue weighted by Gasteiger charge is -2.10. The van der Waals surface area contributed by atoms with E-state index in [0.29, 0.717) is 5.92 Å². The summed E-state index contributed by atoms with van der Waals surface area (Å²) in [4.78, 5) is 12.7. The average molecular weight is 280 g/mol. The fourth-order valence-corrected chi connectivity index (χ4v) is 2.29. The minimum atomic E-state index is 0.565. The second-order valence-corrected chi connectivity index (χ2v) is 5.75. The van der Waals surface area contributed by atoms with E-state index in [9.17, 15) is 0 Å². The molecule has 1 aromatic carbocycles. The van der Waals surface area contributed by atoms with Crippen LogP contribution in [-0.4, -0.2) is 21.5 Å². The SMILES string of the molecule is Cc1cc2c(NCC(C)C)nc(-c3ccccc3)nc2[nH]1. The number of benzene rings is 1. The molecule has 3 aromatic rings. The van der Waals surface area contributed by atoms with Gasteiger partial charge in [0.05, 0.1) is 5.39 Å². The maximum absolute atomic E-state index is 4.71. The number of nitrogens with one attached hydrogen (secondary N) is 2. The van der Waals surface area contributed by atoms with E-state index in [1.165, 1.54) is 0 Å². The second kappa shape index (κ2) is 5.56. The highest BCUT2D eigenvalue weighted by molar-refractivity contribution is 5.89. The van der Waals surface area contributed by atoms with Gasteiger partial charge in [-0.3, -0.25) is 0 Å². The lowest BCUT2D eigenvalue weighted by atomic mass is 10.2. The van der Waals surface area contributed by atoms with Crippen LogP contribution in [-0.2, 0) is 0 Å². The van der Waals surface area contributed by atoms with E-state index in [1.54, 1.807) is 0 Å². The molecule has 0 bridgehead atoms. The van der Waals surface area contributed by atoms with E-state index in [1.807, 2.05) is 37.3 Å². The third-order valence-electron chi connectivity index (χ3n) is 3.33. The van der Waals surface area contributed by atoms with Crippen LogP contribution in [0, 0.1) is 12.8 Å². The van der Waals surface area contributed by atoms with E-state index in [4.69, 9.17) is 4.98 Å². The highest BCUT2D eigenvalue weighted by Crippen LogP contribution is 2.25. The molecule has 0 aliphatic heterocycles. The van der Waals surface area contributed by atoms with Gasteiger partial charge in [0.2, 0.25) is 0 Å². The van der Waals surface area contributed by atoms with Gasteiger partial charge in [-0.25, -0.2) is 9.97 Å². The molecule has 0 aliphatic rings. The maximum atomic E-state index is 4.71. The molecule has 0 atom stereocenters. The number of H-pyrrole nitrogens is 1. The second-order valence-electron chi connectivity index (χ2n) is 5.75. The molecule has 0 fully saturated rings. The van der Waals surface area contributed by atoms with Gasteiger partial charge >= 0.3 is 0 Å². The molecular formula is C17H20N4. The van der Waals surface area contributed by atoms with Crippen LogP contribution in [0.5, 0.6) is 0 Å². The number of aromatic amines is 1. The molecule has 2 N–H and O–H groups in total. The lowest BCUT2D eigenvalue weighted by Crippen LogP contribution is -2.10. The topological polar surface area (TPSA) is 53.6 Å². The molecule has 2 aromatic heterocycles. The van der Waals surface area contributed by atoms with Gasteiger partial charge in [0.1, 0.15) is 11.5 Å². The molecule has 21 heavy (non-hydrogen) atoms. The Morgan fingerprint density at radius 1 is 1.14 bits per heavy atom. The number of fused-ring (bicyclic) bond motifs is 1. The van der Waals surface area contributed by atoms with Crippen molar-refractivity contribution >= 4 is 16.9 Å². The van der Waals surface area contributed by atoms with Gasteiger partial charge in [-0.2, -0.15) is 0 Å². The van der Waals surface area contributed by atoms with Crippen molar-refractivity contribution in [3.8, 4) is 11.4 Å². The smallest absolute Gasteiger partial charge is 0.163 e. The first-order valence-corrected chi connectivity index (χ1v) is 7.30. The fourth-order valence-electron chi connectivity index (χ4n) is 2.29. The molecule has 0 radical (unpaired) electrons. The van der Waals surface area contributed by atoms with Crippen molar-refractivity contribution in [2.75, 3.05) is 11.9 Å². The third-order valence-corrected chi connectivity index (χ3v) is 3.33. The van der Waals surface area contributed by atoms with Crippen LogP contribution in [0.4, 0.5) is 5.82 Å². The number of hydrogen-bond acceptors (Lipinski definition) is 3. The molecule has 0 spiro atoms. The molecule has 4 nitrogen and oxygen atoms in total. The summed E-state index contributed by atoms with van der Waals surface area (Å²) >= 11 is 0. The number of nitrogens with zero attached hydrogens (tertiary/aromatic N) is 2. The largest absolute Gasteiger partial charge is 0.369 e. The van der Waals surface area contributed by atoms with Gasteiger partial charge in [0, 0.05) is 17.8 Å². The minimum absolute atomic E-state index is 0.565. The Morgan fingerprint density at radius 3 is 2.62 bits per heavy atom. The van der Waals surface area contributed by atoms with Gasteiger partial charge in [-0.15, -0.1) is 0 Å². The first kappa shape index (κ1) is 13.6. The van der Waals surface area contributed by atoms with Crippen LogP contribution in [0.25, 0.3) is 22.4 Å². The Hall–Kier alpha value is -2.36. The molecular weight excluding hydrogens is 260 g/mol. The number of anilines is 1. The van der Waals surface area contributed by atoms with E-state index >= 15 is 0 Å². The highest BCUT2D eigenvalue weighted by Gasteiger charge is 2.11. The zero-order valence-electron chi connectivity index (χ0n) is 12.6. The maximum Gasteiger partial charge on any atom is 0.163 e. The summed E-state index contributed by atoms with van der Waals surface area (Å²) in [6.45, 7) is 7.30.